The lowest BCUT2D eigenvalue weighted by Gasteiger charge is -2.13. The molecule has 0 aliphatic heterocycles. The van der Waals surface area contributed by atoms with Gasteiger partial charge in [0.25, 0.3) is 0 Å². The highest BCUT2D eigenvalue weighted by atomic mass is 16.5. The molecule has 0 fully saturated rings. The molecular formula is C15H23NO2. The summed E-state index contributed by atoms with van der Waals surface area (Å²) in [6, 6.07) is 6.07. The van der Waals surface area contributed by atoms with Gasteiger partial charge < -0.3 is 14.8 Å². The lowest BCUT2D eigenvalue weighted by molar-refractivity contribution is 0.280. The van der Waals surface area contributed by atoms with Gasteiger partial charge >= 0.3 is 0 Å². The third-order valence-corrected chi connectivity index (χ3v) is 2.47. The Labute approximate surface area is 110 Å². The first-order chi connectivity index (χ1) is 8.81. The summed E-state index contributed by atoms with van der Waals surface area (Å²) in [5, 5.41) is 3.30. The van der Waals surface area contributed by atoms with Gasteiger partial charge in [-0.05, 0) is 37.6 Å². The van der Waals surface area contributed by atoms with E-state index in [-0.39, 0.29) is 0 Å². The average molecular weight is 249 g/mol. The van der Waals surface area contributed by atoms with Crippen molar-refractivity contribution in [3.8, 4) is 11.5 Å². The molecule has 3 heteroatoms. The summed E-state index contributed by atoms with van der Waals surface area (Å²) in [6.07, 6.45) is 2.69. The van der Waals surface area contributed by atoms with Crippen molar-refractivity contribution >= 4 is 0 Å². The van der Waals surface area contributed by atoms with E-state index >= 15 is 0 Å². The number of rotatable bonds is 9. The zero-order valence-electron chi connectivity index (χ0n) is 11.4. The highest BCUT2D eigenvalue weighted by Crippen LogP contribution is 2.28. The Morgan fingerprint density at radius 1 is 1.22 bits per heavy atom. The molecule has 0 unspecified atom stereocenters. The summed E-state index contributed by atoms with van der Waals surface area (Å²) in [6.45, 7) is 10.8. The van der Waals surface area contributed by atoms with E-state index < -0.39 is 0 Å². The largest absolute Gasteiger partial charge is 0.490 e. The van der Waals surface area contributed by atoms with Crippen LogP contribution >= 0.6 is 0 Å². The number of ether oxygens (including phenoxy) is 2. The second kappa shape index (κ2) is 8.59. The molecule has 3 nitrogen and oxygen atoms in total. The van der Waals surface area contributed by atoms with Crippen LogP contribution in [-0.4, -0.2) is 19.8 Å². The average Bonchev–Trinajstić information content (AvgIpc) is 2.39. The zero-order valence-corrected chi connectivity index (χ0v) is 11.4. The molecule has 0 aromatic heterocycles. The molecule has 0 saturated heterocycles. The number of hydrogen-bond donors (Lipinski definition) is 1. The van der Waals surface area contributed by atoms with Gasteiger partial charge in [0.1, 0.15) is 0 Å². The van der Waals surface area contributed by atoms with Gasteiger partial charge in [0.15, 0.2) is 11.5 Å². The first-order valence-corrected chi connectivity index (χ1v) is 6.52. The fourth-order valence-electron chi connectivity index (χ4n) is 1.57. The van der Waals surface area contributed by atoms with Crippen molar-refractivity contribution in [2.75, 3.05) is 19.8 Å². The quantitative estimate of drug-likeness (QED) is 0.538. The molecule has 0 amide bonds. The maximum atomic E-state index is 5.67. The van der Waals surface area contributed by atoms with E-state index in [1.807, 2.05) is 25.1 Å². The summed E-state index contributed by atoms with van der Waals surface area (Å²) < 4.78 is 11.3. The first-order valence-electron chi connectivity index (χ1n) is 6.52. The van der Waals surface area contributed by atoms with E-state index in [0.717, 1.165) is 31.0 Å². The van der Waals surface area contributed by atoms with Gasteiger partial charge in [0, 0.05) is 6.54 Å². The number of nitrogens with one attached hydrogen (secondary N) is 1. The molecule has 0 aliphatic rings. The molecule has 0 radical (unpaired) electrons. The van der Waals surface area contributed by atoms with Crippen LogP contribution in [0.1, 0.15) is 25.8 Å². The van der Waals surface area contributed by atoms with E-state index in [4.69, 9.17) is 9.47 Å². The second-order valence-corrected chi connectivity index (χ2v) is 3.92. The number of benzene rings is 1. The van der Waals surface area contributed by atoms with E-state index in [1.165, 1.54) is 5.56 Å². The molecule has 1 N–H and O–H groups in total. The van der Waals surface area contributed by atoms with Gasteiger partial charge in [-0.1, -0.05) is 19.1 Å². The normalized spacial score (nSPS) is 10.1. The Hall–Kier alpha value is -1.48. The highest BCUT2D eigenvalue weighted by molar-refractivity contribution is 5.43. The Balaban J connectivity index is 2.72. The molecule has 100 valence electrons. The third-order valence-electron chi connectivity index (χ3n) is 2.47. The maximum Gasteiger partial charge on any atom is 0.161 e. The Bertz CT molecular complexity index is 364. The predicted octanol–water partition coefficient (Wildman–Crippen LogP) is 3.15. The van der Waals surface area contributed by atoms with Crippen LogP contribution in [0.4, 0.5) is 0 Å². The van der Waals surface area contributed by atoms with Crippen LogP contribution in [0, 0.1) is 0 Å². The van der Waals surface area contributed by atoms with E-state index in [1.54, 1.807) is 0 Å². The summed E-state index contributed by atoms with van der Waals surface area (Å²) in [5.74, 6) is 1.62. The van der Waals surface area contributed by atoms with Crippen molar-refractivity contribution in [1.29, 1.82) is 0 Å². The molecule has 1 rings (SSSR count). The summed E-state index contributed by atoms with van der Waals surface area (Å²) in [5.41, 5.74) is 1.20. The van der Waals surface area contributed by atoms with Gasteiger partial charge in [-0.15, -0.1) is 6.58 Å². The van der Waals surface area contributed by atoms with Crippen molar-refractivity contribution in [3.05, 3.63) is 36.4 Å². The molecule has 0 aliphatic carbocycles. The molecule has 0 bridgehead atoms. The van der Waals surface area contributed by atoms with Crippen LogP contribution in [-0.2, 0) is 6.54 Å². The monoisotopic (exact) mass is 249 g/mol. The Morgan fingerprint density at radius 3 is 2.72 bits per heavy atom. The van der Waals surface area contributed by atoms with Crippen LogP contribution in [0.15, 0.2) is 30.9 Å². The minimum atomic E-state index is 0.635. The van der Waals surface area contributed by atoms with Crippen molar-refractivity contribution in [1.82, 2.24) is 5.32 Å². The molecule has 0 atom stereocenters. The topological polar surface area (TPSA) is 30.5 Å². The van der Waals surface area contributed by atoms with Crippen LogP contribution in [0.5, 0.6) is 11.5 Å². The molecule has 0 saturated carbocycles. The molecule has 1 aromatic carbocycles. The third kappa shape index (κ3) is 4.80. The first kappa shape index (κ1) is 14.6. The lowest BCUT2D eigenvalue weighted by Crippen LogP contribution is -2.12. The smallest absolute Gasteiger partial charge is 0.161 e. The minimum Gasteiger partial charge on any atom is -0.490 e. The molecule has 0 spiro atoms. The van der Waals surface area contributed by atoms with Crippen molar-refractivity contribution in [2.24, 2.45) is 0 Å². The van der Waals surface area contributed by atoms with Crippen LogP contribution in [0.2, 0.25) is 0 Å². The highest BCUT2D eigenvalue weighted by Gasteiger charge is 2.06. The van der Waals surface area contributed by atoms with Crippen LogP contribution in [0.3, 0.4) is 0 Å². The maximum absolute atomic E-state index is 5.67. The predicted molar refractivity (Wildman–Crippen MR) is 75.3 cm³/mol. The number of hydrogen-bond acceptors (Lipinski definition) is 3. The molecular weight excluding hydrogens is 226 g/mol. The summed E-state index contributed by atoms with van der Waals surface area (Å²) in [7, 11) is 0. The lowest BCUT2D eigenvalue weighted by atomic mass is 10.2. The van der Waals surface area contributed by atoms with E-state index in [9.17, 15) is 0 Å². The van der Waals surface area contributed by atoms with Gasteiger partial charge in [0.2, 0.25) is 0 Å². The van der Waals surface area contributed by atoms with Crippen LogP contribution in [0.25, 0.3) is 0 Å². The second-order valence-electron chi connectivity index (χ2n) is 3.92. The van der Waals surface area contributed by atoms with Crippen molar-refractivity contribution in [3.63, 3.8) is 0 Å². The van der Waals surface area contributed by atoms with E-state index in [0.29, 0.717) is 13.2 Å². The Kier molecular flexibility index (Phi) is 6.96. The van der Waals surface area contributed by atoms with Gasteiger partial charge in [0.05, 0.1) is 13.2 Å². The summed E-state index contributed by atoms with van der Waals surface area (Å²) >= 11 is 0. The molecule has 18 heavy (non-hydrogen) atoms. The van der Waals surface area contributed by atoms with E-state index in [2.05, 4.69) is 24.9 Å². The fourth-order valence-corrected chi connectivity index (χ4v) is 1.57. The van der Waals surface area contributed by atoms with Crippen molar-refractivity contribution in [2.45, 2.75) is 26.8 Å². The molecule has 0 heterocycles. The van der Waals surface area contributed by atoms with Gasteiger partial charge in [-0.3, -0.25) is 0 Å². The Morgan fingerprint density at radius 2 is 2.06 bits per heavy atom. The SMILES string of the molecule is C=CCCOc1ccc(CNCC)cc1OCC. The fraction of sp³-hybridized carbons (Fsp3) is 0.467. The van der Waals surface area contributed by atoms with Gasteiger partial charge in [-0.2, -0.15) is 0 Å². The van der Waals surface area contributed by atoms with Crippen LogP contribution < -0.4 is 14.8 Å². The zero-order chi connectivity index (χ0) is 13.2. The van der Waals surface area contributed by atoms with Gasteiger partial charge in [-0.25, -0.2) is 0 Å². The van der Waals surface area contributed by atoms with Crippen molar-refractivity contribution < 1.29 is 9.47 Å². The summed E-state index contributed by atoms with van der Waals surface area (Å²) in [4.78, 5) is 0. The minimum absolute atomic E-state index is 0.635. The standard InChI is InChI=1S/C15H23NO2/c1-4-7-10-18-14-9-8-13(12-16-5-2)11-15(14)17-6-3/h4,8-9,11,16H,1,5-7,10,12H2,2-3H3. The molecule has 1 aromatic rings.